The summed E-state index contributed by atoms with van der Waals surface area (Å²) in [7, 11) is 0. The van der Waals surface area contributed by atoms with Crippen LogP contribution in [0.3, 0.4) is 0 Å². The molecule has 2 saturated carbocycles. The first-order chi connectivity index (χ1) is 9.66. The second-order valence-electron chi connectivity index (χ2n) is 6.47. The summed E-state index contributed by atoms with van der Waals surface area (Å²) in [5, 5.41) is 12.1. The summed E-state index contributed by atoms with van der Waals surface area (Å²) in [5.41, 5.74) is 0. The largest absolute Gasteiger partial charge is 0.480 e. The Kier molecular flexibility index (Phi) is 5.86. The first-order valence-corrected chi connectivity index (χ1v) is 8.20. The van der Waals surface area contributed by atoms with Gasteiger partial charge in [0.2, 0.25) is 5.91 Å². The third-order valence-electron chi connectivity index (χ3n) is 4.88. The molecule has 0 heterocycles. The molecule has 0 spiro atoms. The van der Waals surface area contributed by atoms with E-state index in [0.29, 0.717) is 12.3 Å². The Hall–Kier alpha value is -1.06. The molecule has 2 N–H and O–H groups in total. The minimum absolute atomic E-state index is 0.0343. The van der Waals surface area contributed by atoms with Crippen molar-refractivity contribution < 1.29 is 14.7 Å². The molecule has 2 fully saturated rings. The Morgan fingerprint density at radius 2 is 1.50 bits per heavy atom. The van der Waals surface area contributed by atoms with Gasteiger partial charge >= 0.3 is 5.97 Å². The molecule has 0 radical (unpaired) electrons. The van der Waals surface area contributed by atoms with Crippen molar-refractivity contribution in [1.29, 1.82) is 0 Å². The molecular formula is C16H27NO3. The van der Waals surface area contributed by atoms with Gasteiger partial charge in [-0.15, -0.1) is 0 Å². The van der Waals surface area contributed by atoms with Gasteiger partial charge in [0.05, 0.1) is 0 Å². The average molecular weight is 281 g/mol. The van der Waals surface area contributed by atoms with E-state index in [0.717, 1.165) is 38.5 Å². The summed E-state index contributed by atoms with van der Waals surface area (Å²) in [6, 6.07) is -0.687. The van der Waals surface area contributed by atoms with Gasteiger partial charge in [0.25, 0.3) is 0 Å². The lowest BCUT2D eigenvalue weighted by Crippen LogP contribution is -2.45. The van der Waals surface area contributed by atoms with Gasteiger partial charge in [0.1, 0.15) is 6.04 Å². The van der Waals surface area contributed by atoms with Crippen LogP contribution in [-0.2, 0) is 9.59 Å². The van der Waals surface area contributed by atoms with Gasteiger partial charge in [-0.2, -0.15) is 0 Å². The van der Waals surface area contributed by atoms with Gasteiger partial charge < -0.3 is 10.4 Å². The number of hydrogen-bond acceptors (Lipinski definition) is 2. The highest BCUT2D eigenvalue weighted by atomic mass is 16.4. The van der Waals surface area contributed by atoms with Crippen LogP contribution in [0.5, 0.6) is 0 Å². The molecule has 0 aromatic heterocycles. The summed E-state index contributed by atoms with van der Waals surface area (Å²) in [6.07, 6.45) is 11.7. The number of carbonyl (C=O) groups is 2. The lowest BCUT2D eigenvalue weighted by atomic mass is 9.84. The van der Waals surface area contributed by atoms with Crippen molar-refractivity contribution in [1.82, 2.24) is 5.32 Å². The van der Waals surface area contributed by atoms with E-state index in [-0.39, 0.29) is 11.8 Å². The fourth-order valence-corrected chi connectivity index (χ4v) is 3.63. The Labute approximate surface area is 121 Å². The van der Waals surface area contributed by atoms with Gasteiger partial charge in [-0.3, -0.25) is 4.79 Å². The third kappa shape index (κ3) is 4.50. The summed E-state index contributed by atoms with van der Waals surface area (Å²) in [6.45, 7) is 0. The molecule has 4 heteroatoms. The standard InChI is InChI=1S/C16H27NO3/c18-15(13-9-5-2-6-10-13)17-14(16(19)20)11-12-7-3-1-4-8-12/h12-14H,1-11H2,(H,17,18)(H,19,20)/t14-/m0/s1. The summed E-state index contributed by atoms with van der Waals surface area (Å²) in [5.74, 6) is -0.402. The summed E-state index contributed by atoms with van der Waals surface area (Å²) in [4.78, 5) is 23.6. The normalized spacial score (nSPS) is 23.2. The fraction of sp³-hybridized carbons (Fsp3) is 0.875. The van der Waals surface area contributed by atoms with Crippen molar-refractivity contribution in [2.75, 3.05) is 0 Å². The third-order valence-corrected chi connectivity index (χ3v) is 4.88. The highest BCUT2D eigenvalue weighted by Gasteiger charge is 2.28. The SMILES string of the molecule is O=C(N[C@@H](CC1CCCCC1)C(=O)O)C1CCCCC1. The van der Waals surface area contributed by atoms with E-state index >= 15 is 0 Å². The number of aliphatic carboxylic acids is 1. The number of carboxylic acids is 1. The van der Waals surface area contributed by atoms with E-state index in [1.165, 1.54) is 25.7 Å². The molecular weight excluding hydrogens is 254 g/mol. The maximum absolute atomic E-state index is 12.2. The van der Waals surface area contributed by atoms with E-state index in [1.54, 1.807) is 0 Å². The second-order valence-corrected chi connectivity index (χ2v) is 6.47. The Morgan fingerprint density at radius 3 is 2.05 bits per heavy atom. The van der Waals surface area contributed by atoms with Crippen LogP contribution in [-0.4, -0.2) is 23.0 Å². The van der Waals surface area contributed by atoms with Gasteiger partial charge in [-0.05, 0) is 25.2 Å². The smallest absolute Gasteiger partial charge is 0.326 e. The van der Waals surface area contributed by atoms with Gasteiger partial charge in [0.15, 0.2) is 0 Å². The van der Waals surface area contributed by atoms with Crippen LogP contribution in [0.15, 0.2) is 0 Å². The quantitative estimate of drug-likeness (QED) is 0.813. The molecule has 2 aliphatic rings. The first-order valence-electron chi connectivity index (χ1n) is 8.20. The van der Waals surface area contributed by atoms with E-state index in [9.17, 15) is 14.7 Å². The monoisotopic (exact) mass is 281 g/mol. The molecule has 0 bridgehead atoms. The number of nitrogens with one attached hydrogen (secondary N) is 1. The fourth-order valence-electron chi connectivity index (χ4n) is 3.63. The Bertz CT molecular complexity index is 331. The van der Waals surface area contributed by atoms with Gasteiger partial charge in [-0.25, -0.2) is 4.79 Å². The number of rotatable bonds is 5. The predicted octanol–water partition coefficient (Wildman–Crippen LogP) is 3.11. The topological polar surface area (TPSA) is 66.4 Å². The van der Waals surface area contributed by atoms with Crippen molar-refractivity contribution in [2.45, 2.75) is 76.7 Å². The molecule has 114 valence electrons. The Balaban J connectivity index is 1.84. The highest BCUT2D eigenvalue weighted by Crippen LogP contribution is 2.28. The minimum Gasteiger partial charge on any atom is -0.480 e. The number of carbonyl (C=O) groups excluding carboxylic acids is 1. The lowest BCUT2D eigenvalue weighted by Gasteiger charge is -2.27. The van der Waals surface area contributed by atoms with E-state index < -0.39 is 12.0 Å². The first kappa shape index (κ1) is 15.3. The molecule has 0 unspecified atom stereocenters. The molecule has 4 nitrogen and oxygen atoms in total. The number of amides is 1. The van der Waals surface area contributed by atoms with Crippen LogP contribution in [0.2, 0.25) is 0 Å². The molecule has 1 atom stereocenters. The number of hydrogen-bond donors (Lipinski definition) is 2. The molecule has 0 aromatic carbocycles. The van der Waals surface area contributed by atoms with E-state index in [2.05, 4.69) is 5.32 Å². The maximum atomic E-state index is 12.2. The van der Waals surface area contributed by atoms with Crippen molar-refractivity contribution in [3.8, 4) is 0 Å². The van der Waals surface area contributed by atoms with Gasteiger partial charge in [-0.1, -0.05) is 51.4 Å². The summed E-state index contributed by atoms with van der Waals surface area (Å²) < 4.78 is 0. The van der Waals surface area contributed by atoms with Crippen molar-refractivity contribution >= 4 is 11.9 Å². The Morgan fingerprint density at radius 1 is 0.950 bits per heavy atom. The van der Waals surface area contributed by atoms with Crippen LogP contribution in [0, 0.1) is 11.8 Å². The summed E-state index contributed by atoms with van der Waals surface area (Å²) >= 11 is 0. The zero-order valence-corrected chi connectivity index (χ0v) is 12.3. The van der Waals surface area contributed by atoms with E-state index in [1.807, 2.05) is 0 Å². The lowest BCUT2D eigenvalue weighted by molar-refractivity contribution is -0.143. The van der Waals surface area contributed by atoms with Crippen LogP contribution >= 0.6 is 0 Å². The zero-order valence-electron chi connectivity index (χ0n) is 12.3. The highest BCUT2D eigenvalue weighted by molar-refractivity contribution is 5.85. The van der Waals surface area contributed by atoms with Crippen molar-refractivity contribution in [3.05, 3.63) is 0 Å². The van der Waals surface area contributed by atoms with Crippen LogP contribution in [0.25, 0.3) is 0 Å². The minimum atomic E-state index is -0.875. The van der Waals surface area contributed by atoms with Crippen molar-refractivity contribution in [3.63, 3.8) is 0 Å². The number of carboxylic acid groups (broad SMARTS) is 1. The van der Waals surface area contributed by atoms with Crippen LogP contribution < -0.4 is 5.32 Å². The maximum Gasteiger partial charge on any atom is 0.326 e. The molecule has 0 aromatic rings. The molecule has 2 aliphatic carbocycles. The van der Waals surface area contributed by atoms with Crippen LogP contribution in [0.4, 0.5) is 0 Å². The zero-order chi connectivity index (χ0) is 14.4. The van der Waals surface area contributed by atoms with Gasteiger partial charge in [0, 0.05) is 5.92 Å². The van der Waals surface area contributed by atoms with Crippen molar-refractivity contribution in [2.24, 2.45) is 11.8 Å². The molecule has 2 rings (SSSR count). The molecule has 0 aliphatic heterocycles. The molecule has 1 amide bonds. The predicted molar refractivity (Wildman–Crippen MR) is 77.3 cm³/mol. The van der Waals surface area contributed by atoms with Crippen LogP contribution in [0.1, 0.15) is 70.6 Å². The molecule has 0 saturated heterocycles. The second kappa shape index (κ2) is 7.65. The van der Waals surface area contributed by atoms with E-state index in [4.69, 9.17) is 0 Å². The average Bonchev–Trinajstić information content (AvgIpc) is 2.48. The molecule has 20 heavy (non-hydrogen) atoms.